The second-order valence-corrected chi connectivity index (χ2v) is 2.64. The molecular weight excluding hydrogens is 148 g/mol. The van der Waals surface area contributed by atoms with Crippen LogP contribution in [0.1, 0.15) is 5.56 Å². The van der Waals surface area contributed by atoms with Crippen LogP contribution < -0.4 is 4.74 Å². The SMILES string of the molecule is C1=C\COc2ccccc2\C=C/1. The molecule has 0 saturated heterocycles. The number of allylic oxidation sites excluding steroid dienone is 2. The zero-order valence-corrected chi connectivity index (χ0v) is 6.73. The van der Waals surface area contributed by atoms with E-state index in [1.165, 1.54) is 0 Å². The largest absolute Gasteiger partial charge is 0.489 e. The Kier molecular flexibility index (Phi) is 1.95. The van der Waals surface area contributed by atoms with E-state index in [9.17, 15) is 0 Å². The summed E-state index contributed by atoms with van der Waals surface area (Å²) >= 11 is 0. The molecule has 0 bridgehead atoms. The Morgan fingerprint density at radius 1 is 1.08 bits per heavy atom. The van der Waals surface area contributed by atoms with E-state index >= 15 is 0 Å². The molecular formula is C11H10O. The van der Waals surface area contributed by atoms with E-state index < -0.39 is 0 Å². The standard InChI is InChI=1S/C11H10O/c1-2-6-10-7-3-4-8-11(10)12-9-5-1/h1-8H,9H2/b5-1-,6-2-. The normalized spacial score (nSPS) is 19.7. The van der Waals surface area contributed by atoms with E-state index in [0.717, 1.165) is 11.3 Å². The van der Waals surface area contributed by atoms with Crippen LogP contribution in [0.4, 0.5) is 0 Å². The molecule has 0 saturated carbocycles. The number of hydrogen-bond donors (Lipinski definition) is 0. The summed E-state index contributed by atoms with van der Waals surface area (Å²) in [4.78, 5) is 0. The van der Waals surface area contributed by atoms with Gasteiger partial charge in [0.25, 0.3) is 0 Å². The van der Waals surface area contributed by atoms with Crippen molar-refractivity contribution >= 4 is 6.08 Å². The van der Waals surface area contributed by atoms with Gasteiger partial charge in [-0.3, -0.25) is 0 Å². The molecule has 12 heavy (non-hydrogen) atoms. The first-order chi connectivity index (χ1) is 5.97. The highest BCUT2D eigenvalue weighted by Gasteiger charge is 1.98. The second-order valence-electron chi connectivity index (χ2n) is 2.64. The van der Waals surface area contributed by atoms with Crippen molar-refractivity contribution in [3.05, 3.63) is 48.1 Å². The molecule has 1 heteroatoms. The smallest absolute Gasteiger partial charge is 0.126 e. The molecule has 0 aromatic heterocycles. The maximum Gasteiger partial charge on any atom is 0.126 e. The Balaban J connectivity index is 2.43. The molecule has 0 N–H and O–H groups in total. The van der Waals surface area contributed by atoms with Crippen LogP contribution >= 0.6 is 0 Å². The predicted molar refractivity (Wildman–Crippen MR) is 50.1 cm³/mol. The molecule has 0 radical (unpaired) electrons. The summed E-state index contributed by atoms with van der Waals surface area (Å²) in [5.74, 6) is 0.957. The van der Waals surface area contributed by atoms with Gasteiger partial charge >= 0.3 is 0 Å². The molecule has 1 heterocycles. The van der Waals surface area contributed by atoms with Crippen LogP contribution in [0.15, 0.2) is 42.5 Å². The van der Waals surface area contributed by atoms with Crippen LogP contribution in [0.25, 0.3) is 6.08 Å². The summed E-state index contributed by atoms with van der Waals surface area (Å²) in [6, 6.07) is 8.03. The minimum atomic E-state index is 0.654. The monoisotopic (exact) mass is 158 g/mol. The van der Waals surface area contributed by atoms with E-state index in [4.69, 9.17) is 4.74 Å². The molecule has 0 atom stereocenters. The summed E-state index contributed by atoms with van der Waals surface area (Å²) in [5.41, 5.74) is 1.14. The van der Waals surface area contributed by atoms with Gasteiger partial charge in [-0.05, 0) is 12.1 Å². The lowest BCUT2D eigenvalue weighted by Gasteiger charge is -2.07. The van der Waals surface area contributed by atoms with Gasteiger partial charge in [-0.25, -0.2) is 0 Å². The van der Waals surface area contributed by atoms with Gasteiger partial charge < -0.3 is 4.74 Å². The lowest BCUT2D eigenvalue weighted by atomic mass is 10.2. The highest BCUT2D eigenvalue weighted by atomic mass is 16.5. The maximum absolute atomic E-state index is 5.49. The molecule has 60 valence electrons. The molecule has 0 unspecified atom stereocenters. The first-order valence-electron chi connectivity index (χ1n) is 4.02. The molecule has 2 rings (SSSR count). The molecule has 1 aliphatic rings. The predicted octanol–water partition coefficient (Wildman–Crippen LogP) is 2.65. The van der Waals surface area contributed by atoms with E-state index in [0.29, 0.717) is 6.61 Å². The van der Waals surface area contributed by atoms with Gasteiger partial charge in [0.1, 0.15) is 12.4 Å². The Labute approximate surface area is 72.0 Å². The van der Waals surface area contributed by atoms with Crippen molar-refractivity contribution in [2.24, 2.45) is 0 Å². The van der Waals surface area contributed by atoms with Crippen LogP contribution in [0.3, 0.4) is 0 Å². The number of rotatable bonds is 0. The van der Waals surface area contributed by atoms with Crippen molar-refractivity contribution in [3.8, 4) is 5.75 Å². The molecule has 1 nitrogen and oxygen atoms in total. The van der Waals surface area contributed by atoms with E-state index in [2.05, 4.69) is 0 Å². The van der Waals surface area contributed by atoms with Crippen LogP contribution in [-0.2, 0) is 0 Å². The van der Waals surface area contributed by atoms with Gasteiger partial charge in [-0.1, -0.05) is 36.4 Å². The van der Waals surface area contributed by atoms with E-state index in [1.54, 1.807) is 0 Å². The highest BCUT2D eigenvalue weighted by Crippen LogP contribution is 2.20. The molecule has 1 aliphatic heterocycles. The summed E-state index contributed by atoms with van der Waals surface area (Å²) in [7, 11) is 0. The molecule has 0 spiro atoms. The van der Waals surface area contributed by atoms with Crippen molar-refractivity contribution in [1.29, 1.82) is 0 Å². The van der Waals surface area contributed by atoms with Gasteiger partial charge in [-0.2, -0.15) is 0 Å². The van der Waals surface area contributed by atoms with Gasteiger partial charge in [0.2, 0.25) is 0 Å². The zero-order chi connectivity index (χ0) is 8.23. The number of benzene rings is 1. The maximum atomic E-state index is 5.49. The van der Waals surface area contributed by atoms with Crippen molar-refractivity contribution < 1.29 is 4.74 Å². The molecule has 1 aromatic rings. The third-order valence-corrected chi connectivity index (χ3v) is 1.78. The van der Waals surface area contributed by atoms with Gasteiger partial charge in [0, 0.05) is 5.56 Å². The zero-order valence-electron chi connectivity index (χ0n) is 6.73. The van der Waals surface area contributed by atoms with Crippen molar-refractivity contribution in [2.45, 2.75) is 0 Å². The van der Waals surface area contributed by atoms with Crippen LogP contribution in [0, 0.1) is 0 Å². The third kappa shape index (κ3) is 1.40. The van der Waals surface area contributed by atoms with Gasteiger partial charge in [0.05, 0.1) is 0 Å². The first-order valence-corrected chi connectivity index (χ1v) is 4.02. The summed E-state index contributed by atoms with van der Waals surface area (Å²) in [6.45, 7) is 0.654. The minimum Gasteiger partial charge on any atom is -0.489 e. The van der Waals surface area contributed by atoms with Gasteiger partial charge in [0.15, 0.2) is 0 Å². The summed E-state index contributed by atoms with van der Waals surface area (Å²) in [6.07, 6.45) is 8.06. The van der Waals surface area contributed by atoms with Gasteiger partial charge in [-0.15, -0.1) is 0 Å². The molecule has 1 aromatic carbocycles. The topological polar surface area (TPSA) is 9.23 Å². The lowest BCUT2D eigenvalue weighted by molar-refractivity contribution is 0.362. The molecule has 0 fully saturated rings. The van der Waals surface area contributed by atoms with Crippen LogP contribution in [0.5, 0.6) is 5.75 Å². The van der Waals surface area contributed by atoms with Crippen LogP contribution in [0.2, 0.25) is 0 Å². The van der Waals surface area contributed by atoms with E-state index in [-0.39, 0.29) is 0 Å². The molecule has 0 aliphatic carbocycles. The Hall–Kier alpha value is -1.50. The second kappa shape index (κ2) is 3.26. The first kappa shape index (κ1) is 7.17. The number of ether oxygens (including phenoxy) is 1. The third-order valence-electron chi connectivity index (χ3n) is 1.78. The summed E-state index contributed by atoms with van der Waals surface area (Å²) in [5, 5.41) is 0. The van der Waals surface area contributed by atoms with Crippen molar-refractivity contribution in [3.63, 3.8) is 0 Å². The quantitative estimate of drug-likeness (QED) is 0.564. The minimum absolute atomic E-state index is 0.654. The Bertz CT molecular complexity index is 324. The van der Waals surface area contributed by atoms with Crippen molar-refractivity contribution in [1.82, 2.24) is 0 Å². The Morgan fingerprint density at radius 2 is 2.00 bits per heavy atom. The Morgan fingerprint density at radius 3 is 3.00 bits per heavy atom. The van der Waals surface area contributed by atoms with E-state index in [1.807, 2.05) is 48.6 Å². The number of para-hydroxylation sites is 1. The number of hydrogen-bond acceptors (Lipinski definition) is 1. The fourth-order valence-electron chi connectivity index (χ4n) is 1.18. The highest BCUT2D eigenvalue weighted by molar-refractivity contribution is 5.58. The van der Waals surface area contributed by atoms with Crippen molar-refractivity contribution in [2.75, 3.05) is 6.61 Å². The average Bonchev–Trinajstić information content (AvgIpc) is 2.06. The molecule has 0 amide bonds. The fourth-order valence-corrected chi connectivity index (χ4v) is 1.18. The average molecular weight is 158 g/mol. The lowest BCUT2D eigenvalue weighted by Crippen LogP contribution is -1.95. The fraction of sp³-hybridized carbons (Fsp3) is 0.0909. The van der Waals surface area contributed by atoms with Crippen LogP contribution in [-0.4, -0.2) is 6.61 Å². The number of fused-ring (bicyclic) bond motifs is 1. The summed E-state index contributed by atoms with van der Waals surface area (Å²) < 4.78 is 5.49.